The summed E-state index contributed by atoms with van der Waals surface area (Å²) in [5, 5.41) is 3.59. The summed E-state index contributed by atoms with van der Waals surface area (Å²) in [6.07, 6.45) is 5.19. The second-order valence-corrected chi connectivity index (χ2v) is 7.16. The molecular weight excluding hydrogens is 364 g/mol. The number of methoxy groups -OCH3 is 1. The number of hydrogen-bond donors (Lipinski definition) is 1. The van der Waals surface area contributed by atoms with E-state index in [1.165, 1.54) is 38.1 Å². The Morgan fingerprint density at radius 3 is 2.59 bits per heavy atom. The monoisotopic (exact) mass is 386 g/mol. The van der Waals surface area contributed by atoms with Crippen LogP contribution in [0.5, 0.6) is 0 Å². The molecule has 2 heterocycles. The van der Waals surface area contributed by atoms with Gasteiger partial charge in [-0.15, -0.1) is 0 Å². The fourth-order valence-corrected chi connectivity index (χ4v) is 3.51. The summed E-state index contributed by atoms with van der Waals surface area (Å²) in [6, 6.07) is 8.52. The molecule has 1 aliphatic rings. The molecule has 1 aromatic heterocycles. The molecule has 8 heteroatoms. The minimum absolute atomic E-state index is 0.135. The summed E-state index contributed by atoms with van der Waals surface area (Å²) in [5.41, 5.74) is 1.07. The Kier molecular flexibility index (Phi) is 6.64. The van der Waals surface area contributed by atoms with E-state index in [1.807, 2.05) is 6.07 Å². The lowest BCUT2D eigenvalue weighted by Crippen LogP contribution is -2.30. The first kappa shape index (κ1) is 19.2. The van der Waals surface area contributed by atoms with Crippen molar-refractivity contribution in [2.24, 2.45) is 0 Å². The highest BCUT2D eigenvalue weighted by Crippen LogP contribution is 2.22. The van der Waals surface area contributed by atoms with Crippen LogP contribution in [0.3, 0.4) is 0 Å². The van der Waals surface area contributed by atoms with Crippen LogP contribution in [0.1, 0.15) is 29.6 Å². The van der Waals surface area contributed by atoms with Crippen molar-refractivity contribution in [3.8, 4) is 0 Å². The molecule has 142 valence electrons. The van der Waals surface area contributed by atoms with Gasteiger partial charge < -0.3 is 15.0 Å². The molecule has 1 saturated heterocycles. The van der Waals surface area contributed by atoms with E-state index in [-0.39, 0.29) is 11.7 Å². The molecule has 1 aliphatic heterocycles. The highest BCUT2D eigenvalue weighted by molar-refractivity contribution is 7.99. The number of amides is 1. The lowest BCUT2D eigenvalue weighted by molar-refractivity contribution is -0.113. The number of aromatic nitrogens is 2. The molecule has 0 atom stereocenters. The fourth-order valence-electron chi connectivity index (χ4n) is 2.85. The molecule has 0 saturated carbocycles. The first-order valence-corrected chi connectivity index (χ1v) is 9.82. The molecule has 27 heavy (non-hydrogen) atoms. The Balaban J connectivity index is 1.52. The predicted octanol–water partition coefficient (Wildman–Crippen LogP) is 2.98. The number of rotatable bonds is 6. The number of carbonyl (C=O) groups excluding carboxylic acids is 2. The van der Waals surface area contributed by atoms with Crippen LogP contribution in [0.15, 0.2) is 41.7 Å². The van der Waals surface area contributed by atoms with Crippen LogP contribution in [-0.2, 0) is 9.53 Å². The Bertz CT molecular complexity index is 792. The van der Waals surface area contributed by atoms with Crippen LogP contribution in [-0.4, -0.2) is 47.8 Å². The van der Waals surface area contributed by atoms with Gasteiger partial charge in [-0.05, 0) is 43.5 Å². The molecule has 3 rings (SSSR count). The van der Waals surface area contributed by atoms with Crippen molar-refractivity contribution in [3.05, 3.63) is 42.2 Å². The zero-order valence-electron chi connectivity index (χ0n) is 15.2. The van der Waals surface area contributed by atoms with E-state index in [1.54, 1.807) is 30.6 Å². The summed E-state index contributed by atoms with van der Waals surface area (Å²) >= 11 is 1.37. The van der Waals surface area contributed by atoms with Gasteiger partial charge >= 0.3 is 5.97 Å². The van der Waals surface area contributed by atoms with Crippen LogP contribution in [0.2, 0.25) is 0 Å². The maximum Gasteiger partial charge on any atom is 0.337 e. The third-order valence-corrected chi connectivity index (χ3v) is 5.17. The van der Waals surface area contributed by atoms with Crippen molar-refractivity contribution in [2.75, 3.05) is 36.2 Å². The quantitative estimate of drug-likeness (QED) is 0.464. The van der Waals surface area contributed by atoms with Gasteiger partial charge in [0.25, 0.3) is 0 Å². The summed E-state index contributed by atoms with van der Waals surface area (Å²) < 4.78 is 4.65. The average molecular weight is 386 g/mol. The summed E-state index contributed by atoms with van der Waals surface area (Å²) in [5.74, 6) is 0.626. The second-order valence-electron chi connectivity index (χ2n) is 6.17. The van der Waals surface area contributed by atoms with Crippen molar-refractivity contribution < 1.29 is 14.3 Å². The number of piperidine rings is 1. The topological polar surface area (TPSA) is 84.4 Å². The highest BCUT2D eigenvalue weighted by atomic mass is 32.2. The number of carbonyl (C=O) groups is 2. The van der Waals surface area contributed by atoms with Gasteiger partial charge in [0, 0.05) is 24.8 Å². The Morgan fingerprint density at radius 1 is 1.15 bits per heavy atom. The molecule has 0 spiro atoms. The van der Waals surface area contributed by atoms with E-state index in [4.69, 9.17) is 0 Å². The number of ether oxygens (including phenoxy) is 1. The van der Waals surface area contributed by atoms with Crippen LogP contribution >= 0.6 is 11.8 Å². The van der Waals surface area contributed by atoms with Crippen molar-refractivity contribution in [3.63, 3.8) is 0 Å². The molecule has 1 aromatic carbocycles. The third kappa shape index (κ3) is 5.43. The number of thioether (sulfide) groups is 1. The largest absolute Gasteiger partial charge is 0.465 e. The molecule has 1 N–H and O–H groups in total. The molecule has 0 aliphatic carbocycles. The molecule has 0 unspecified atom stereocenters. The maximum absolute atomic E-state index is 12.2. The third-order valence-electron chi connectivity index (χ3n) is 4.25. The number of esters is 1. The summed E-state index contributed by atoms with van der Waals surface area (Å²) in [4.78, 5) is 34.4. The van der Waals surface area contributed by atoms with Gasteiger partial charge in [0.05, 0.1) is 18.4 Å². The predicted molar refractivity (Wildman–Crippen MR) is 105 cm³/mol. The zero-order valence-corrected chi connectivity index (χ0v) is 16.0. The molecule has 1 fully saturated rings. The standard InChI is InChI=1S/C19H22N4O3S/c1-26-19(25)14-5-7-15(8-6-14)22-17(24)12-27-18-11-16(20-13-21-18)23-9-3-2-4-10-23/h5-8,11,13H,2-4,9-10,12H2,1H3,(H,22,24). The summed E-state index contributed by atoms with van der Waals surface area (Å²) in [6.45, 7) is 2.03. The van der Waals surface area contributed by atoms with E-state index in [0.717, 1.165) is 23.9 Å². The Hall–Kier alpha value is -2.61. The van der Waals surface area contributed by atoms with Crippen LogP contribution < -0.4 is 10.2 Å². The minimum atomic E-state index is -0.406. The van der Waals surface area contributed by atoms with Gasteiger partial charge in [-0.1, -0.05) is 11.8 Å². The SMILES string of the molecule is COC(=O)c1ccc(NC(=O)CSc2cc(N3CCCCC3)ncn2)cc1. The number of anilines is 2. The van der Waals surface area contributed by atoms with Gasteiger partial charge in [-0.25, -0.2) is 14.8 Å². The lowest BCUT2D eigenvalue weighted by atomic mass is 10.1. The Labute approximate surface area is 162 Å². The smallest absolute Gasteiger partial charge is 0.337 e. The van der Waals surface area contributed by atoms with E-state index in [0.29, 0.717) is 11.3 Å². The fraction of sp³-hybridized carbons (Fsp3) is 0.368. The van der Waals surface area contributed by atoms with E-state index < -0.39 is 5.97 Å². The van der Waals surface area contributed by atoms with Crippen molar-refractivity contribution >= 4 is 35.1 Å². The van der Waals surface area contributed by atoms with E-state index in [9.17, 15) is 9.59 Å². The van der Waals surface area contributed by atoms with E-state index >= 15 is 0 Å². The van der Waals surface area contributed by atoms with Gasteiger partial charge in [0.2, 0.25) is 5.91 Å². The van der Waals surface area contributed by atoms with Crippen LogP contribution in [0, 0.1) is 0 Å². The summed E-state index contributed by atoms with van der Waals surface area (Å²) in [7, 11) is 1.33. The number of nitrogens with one attached hydrogen (secondary N) is 1. The molecule has 0 radical (unpaired) electrons. The van der Waals surface area contributed by atoms with Crippen LogP contribution in [0.4, 0.5) is 11.5 Å². The van der Waals surface area contributed by atoms with Gasteiger partial charge in [-0.3, -0.25) is 4.79 Å². The van der Waals surface area contributed by atoms with Gasteiger partial charge in [0.15, 0.2) is 0 Å². The van der Waals surface area contributed by atoms with Crippen molar-refractivity contribution in [1.29, 1.82) is 0 Å². The molecular formula is C19H22N4O3S. The second kappa shape index (κ2) is 9.36. The van der Waals surface area contributed by atoms with E-state index in [2.05, 4.69) is 24.9 Å². The molecule has 1 amide bonds. The minimum Gasteiger partial charge on any atom is -0.465 e. The van der Waals surface area contributed by atoms with Crippen molar-refractivity contribution in [1.82, 2.24) is 9.97 Å². The molecule has 7 nitrogen and oxygen atoms in total. The highest BCUT2D eigenvalue weighted by Gasteiger charge is 2.13. The lowest BCUT2D eigenvalue weighted by Gasteiger charge is -2.27. The molecule has 0 bridgehead atoms. The Morgan fingerprint density at radius 2 is 1.89 bits per heavy atom. The van der Waals surface area contributed by atoms with Gasteiger partial charge in [0.1, 0.15) is 17.2 Å². The average Bonchev–Trinajstić information content (AvgIpc) is 2.73. The maximum atomic E-state index is 12.2. The zero-order chi connectivity index (χ0) is 19.1. The number of benzene rings is 1. The number of nitrogens with zero attached hydrogens (tertiary/aromatic N) is 3. The van der Waals surface area contributed by atoms with Crippen molar-refractivity contribution in [2.45, 2.75) is 24.3 Å². The normalized spacial score (nSPS) is 13.9. The van der Waals surface area contributed by atoms with Crippen LogP contribution in [0.25, 0.3) is 0 Å². The first-order chi connectivity index (χ1) is 13.2. The first-order valence-electron chi connectivity index (χ1n) is 8.84. The number of hydrogen-bond acceptors (Lipinski definition) is 7. The van der Waals surface area contributed by atoms with Gasteiger partial charge in [-0.2, -0.15) is 0 Å². The molecule has 2 aromatic rings.